The summed E-state index contributed by atoms with van der Waals surface area (Å²) in [5.41, 5.74) is -0.612. The molecule has 1 atom stereocenters. The summed E-state index contributed by atoms with van der Waals surface area (Å²) in [4.78, 5) is 41.7. The number of aromatic hydroxyl groups is 1. The van der Waals surface area contributed by atoms with Crippen molar-refractivity contribution >= 4 is 29.2 Å². The fourth-order valence-corrected chi connectivity index (χ4v) is 4.25. The van der Waals surface area contributed by atoms with Gasteiger partial charge in [-0.15, -0.1) is 0 Å². The maximum Gasteiger partial charge on any atom is 0.351 e. The number of allylic oxidation sites excluding steroid dienone is 2. The maximum absolute atomic E-state index is 13.1. The summed E-state index contributed by atoms with van der Waals surface area (Å²) in [6.45, 7) is 5.06. The minimum atomic E-state index is -0.939. The molecule has 0 fully saturated rings. The van der Waals surface area contributed by atoms with Crippen LogP contribution in [0.1, 0.15) is 59.3 Å². The van der Waals surface area contributed by atoms with Crippen LogP contribution >= 0.6 is 11.3 Å². The molecule has 0 spiro atoms. The Morgan fingerprint density at radius 2 is 1.97 bits per heavy atom. The summed E-state index contributed by atoms with van der Waals surface area (Å²) in [6.07, 6.45) is 5.55. The van der Waals surface area contributed by atoms with Crippen LogP contribution in [0.25, 0.3) is 6.08 Å². The number of aryl methyl sites for hydroxylation is 1. The molecule has 1 unspecified atom stereocenters. The van der Waals surface area contributed by atoms with Gasteiger partial charge in [0.1, 0.15) is 28.6 Å². The number of nitrogens with zero attached hydrogens (tertiary/aromatic N) is 1. The zero-order valence-corrected chi connectivity index (χ0v) is 21.6. The Kier molecular flexibility index (Phi) is 9.13. The van der Waals surface area contributed by atoms with E-state index in [4.69, 9.17) is 9.15 Å². The summed E-state index contributed by atoms with van der Waals surface area (Å²) >= 11 is 1.17. The number of aromatic nitrogens is 1. The first kappa shape index (κ1) is 27.5. The number of Topliss-reactive ketones (excluding diaryl/α,β-unsaturated/α-hetero) is 1. The minimum absolute atomic E-state index is 0.191. The van der Waals surface area contributed by atoms with E-state index in [-0.39, 0.29) is 23.1 Å². The number of halogens is 1. The molecule has 0 saturated carbocycles. The third kappa shape index (κ3) is 7.23. The minimum Gasteiger partial charge on any atom is -0.507 e. The SMILES string of the molecule is COC(=O)/C=C/CCC(C)c1cc(O)c(C(=O)/C(C)=C/c2sc(Oc3ccc(F)cc3)nc2C)c(=O)o1. The highest BCUT2D eigenvalue weighted by Gasteiger charge is 2.22. The van der Waals surface area contributed by atoms with Crippen molar-refractivity contribution in [2.45, 2.75) is 39.5 Å². The number of thiazole rings is 1. The van der Waals surface area contributed by atoms with Crippen molar-refractivity contribution in [2.24, 2.45) is 0 Å². The number of rotatable bonds is 10. The Morgan fingerprint density at radius 1 is 1.27 bits per heavy atom. The van der Waals surface area contributed by atoms with Gasteiger partial charge in [0.15, 0.2) is 5.78 Å². The lowest BCUT2D eigenvalue weighted by molar-refractivity contribution is -0.134. The fourth-order valence-electron chi connectivity index (χ4n) is 3.31. The number of esters is 1. The van der Waals surface area contributed by atoms with Gasteiger partial charge in [-0.1, -0.05) is 24.3 Å². The molecular formula is C27H26FNO7S. The van der Waals surface area contributed by atoms with Crippen molar-refractivity contribution in [2.75, 3.05) is 7.11 Å². The quantitative estimate of drug-likeness (QED) is 0.196. The van der Waals surface area contributed by atoms with Crippen LogP contribution in [0.2, 0.25) is 0 Å². The molecule has 0 bridgehead atoms. The zero-order valence-electron chi connectivity index (χ0n) is 20.7. The molecule has 0 aliphatic heterocycles. The molecular weight excluding hydrogens is 501 g/mol. The Labute approximate surface area is 216 Å². The predicted molar refractivity (Wildman–Crippen MR) is 137 cm³/mol. The highest BCUT2D eigenvalue weighted by molar-refractivity contribution is 7.14. The molecule has 0 aliphatic carbocycles. The van der Waals surface area contributed by atoms with Gasteiger partial charge in [-0.2, -0.15) is 0 Å². The number of ketones is 1. The van der Waals surface area contributed by atoms with Gasteiger partial charge in [0.25, 0.3) is 5.19 Å². The van der Waals surface area contributed by atoms with E-state index < -0.39 is 28.7 Å². The smallest absolute Gasteiger partial charge is 0.351 e. The highest BCUT2D eigenvalue weighted by atomic mass is 32.1. The van der Waals surface area contributed by atoms with E-state index in [2.05, 4.69) is 9.72 Å². The summed E-state index contributed by atoms with van der Waals surface area (Å²) in [7, 11) is 1.28. The second kappa shape index (κ2) is 12.3. The van der Waals surface area contributed by atoms with E-state index in [1.807, 2.05) is 0 Å². The molecule has 3 aromatic rings. The number of hydrogen-bond acceptors (Lipinski definition) is 9. The highest BCUT2D eigenvalue weighted by Crippen LogP contribution is 2.32. The van der Waals surface area contributed by atoms with Gasteiger partial charge in [-0.25, -0.2) is 19.0 Å². The van der Waals surface area contributed by atoms with Gasteiger partial charge in [-0.3, -0.25) is 4.79 Å². The number of benzene rings is 1. The van der Waals surface area contributed by atoms with E-state index in [1.165, 1.54) is 61.8 Å². The lowest BCUT2D eigenvalue weighted by Gasteiger charge is -2.11. The maximum atomic E-state index is 13.1. The van der Waals surface area contributed by atoms with Crippen LogP contribution in [-0.2, 0) is 9.53 Å². The predicted octanol–water partition coefficient (Wildman–Crippen LogP) is 5.94. The van der Waals surface area contributed by atoms with E-state index >= 15 is 0 Å². The first-order valence-corrected chi connectivity index (χ1v) is 12.2. The molecule has 0 saturated heterocycles. The van der Waals surface area contributed by atoms with E-state index in [0.29, 0.717) is 34.4 Å². The fraction of sp³-hybridized carbons (Fsp3) is 0.259. The Morgan fingerprint density at radius 3 is 2.62 bits per heavy atom. The van der Waals surface area contributed by atoms with Crippen molar-refractivity contribution in [1.82, 2.24) is 4.98 Å². The molecule has 0 radical (unpaired) electrons. The van der Waals surface area contributed by atoms with Crippen LogP contribution < -0.4 is 10.4 Å². The number of hydrogen-bond donors (Lipinski definition) is 1. The second-order valence-electron chi connectivity index (χ2n) is 8.24. The van der Waals surface area contributed by atoms with Gasteiger partial charge in [0, 0.05) is 18.1 Å². The van der Waals surface area contributed by atoms with Crippen molar-refractivity contribution in [3.63, 3.8) is 0 Å². The number of methoxy groups -OCH3 is 1. The molecule has 10 heteroatoms. The van der Waals surface area contributed by atoms with Crippen LogP contribution in [0.3, 0.4) is 0 Å². The van der Waals surface area contributed by atoms with E-state index in [1.54, 1.807) is 26.0 Å². The molecule has 2 aromatic heterocycles. The third-order valence-corrected chi connectivity index (χ3v) is 6.40. The van der Waals surface area contributed by atoms with Crippen LogP contribution in [0, 0.1) is 12.7 Å². The molecule has 194 valence electrons. The lowest BCUT2D eigenvalue weighted by Crippen LogP contribution is -2.16. The number of carbonyl (C=O) groups excluding carboxylic acids is 2. The summed E-state index contributed by atoms with van der Waals surface area (Å²) in [5, 5.41) is 10.8. The van der Waals surface area contributed by atoms with Crippen molar-refractivity contribution in [3.8, 4) is 16.7 Å². The molecule has 37 heavy (non-hydrogen) atoms. The van der Waals surface area contributed by atoms with Crippen molar-refractivity contribution in [3.05, 3.63) is 86.2 Å². The summed E-state index contributed by atoms with van der Waals surface area (Å²) in [5.74, 6) is -1.61. The molecule has 1 N–H and O–H groups in total. The van der Waals surface area contributed by atoms with Gasteiger partial charge in [-0.05, 0) is 62.6 Å². The molecule has 0 amide bonds. The molecule has 1 aromatic carbocycles. The Bertz CT molecular complexity index is 1400. The van der Waals surface area contributed by atoms with Gasteiger partial charge in [0.05, 0.1) is 17.7 Å². The van der Waals surface area contributed by atoms with E-state index in [0.717, 1.165) is 0 Å². The zero-order chi connectivity index (χ0) is 27.1. The first-order chi connectivity index (χ1) is 17.6. The van der Waals surface area contributed by atoms with Crippen LogP contribution in [-0.4, -0.2) is 29.0 Å². The topological polar surface area (TPSA) is 116 Å². The average molecular weight is 528 g/mol. The van der Waals surface area contributed by atoms with Crippen LogP contribution in [0.5, 0.6) is 16.7 Å². The third-order valence-electron chi connectivity index (χ3n) is 5.42. The Hall–Kier alpha value is -4.05. The summed E-state index contributed by atoms with van der Waals surface area (Å²) < 4.78 is 28.6. The number of ether oxygens (including phenoxy) is 2. The van der Waals surface area contributed by atoms with Gasteiger partial charge < -0.3 is 19.0 Å². The molecule has 2 heterocycles. The molecule has 0 aliphatic rings. The lowest BCUT2D eigenvalue weighted by atomic mass is 9.99. The average Bonchev–Trinajstić information content (AvgIpc) is 3.20. The van der Waals surface area contributed by atoms with Gasteiger partial charge in [0.2, 0.25) is 0 Å². The first-order valence-electron chi connectivity index (χ1n) is 11.3. The molecule has 8 nitrogen and oxygen atoms in total. The van der Waals surface area contributed by atoms with Crippen LogP contribution in [0.4, 0.5) is 4.39 Å². The van der Waals surface area contributed by atoms with Crippen molar-refractivity contribution < 1.29 is 33.0 Å². The Balaban J connectivity index is 1.75. The monoisotopic (exact) mass is 527 g/mol. The summed E-state index contributed by atoms with van der Waals surface area (Å²) in [6, 6.07) is 6.75. The standard InChI is InChI=1S/C27H26FNO7S/c1-15(7-5-6-8-23(31)34-4)21-14-20(30)24(26(33)36-21)25(32)16(2)13-22-17(3)29-27(37-22)35-19-11-9-18(28)10-12-19/h6,8-15,30H,5,7H2,1-4H3/b8-6+,16-13+. The van der Waals surface area contributed by atoms with Gasteiger partial charge >= 0.3 is 11.6 Å². The normalized spacial score (nSPS) is 12.5. The van der Waals surface area contributed by atoms with Crippen LogP contribution in [0.15, 0.2) is 57.3 Å². The largest absolute Gasteiger partial charge is 0.507 e. The van der Waals surface area contributed by atoms with Crippen molar-refractivity contribution in [1.29, 1.82) is 0 Å². The number of carbonyl (C=O) groups is 2. The second-order valence-corrected chi connectivity index (χ2v) is 9.24. The van der Waals surface area contributed by atoms with E-state index in [9.17, 15) is 23.9 Å². The molecule has 3 rings (SSSR count).